The Morgan fingerprint density at radius 2 is 2.22 bits per heavy atom. The van der Waals surface area contributed by atoms with Gasteiger partial charge in [-0.1, -0.05) is 12.2 Å². The van der Waals surface area contributed by atoms with E-state index >= 15 is 0 Å². The van der Waals surface area contributed by atoms with E-state index in [1.54, 1.807) is 12.4 Å². The summed E-state index contributed by atoms with van der Waals surface area (Å²) in [5, 5.41) is 0. The molecule has 0 bridgehead atoms. The van der Waals surface area contributed by atoms with Gasteiger partial charge in [0.2, 0.25) is 0 Å². The number of thiocarbonyl (C=S) groups is 1. The number of nitrogens with two attached hydrogens (primary N) is 1. The summed E-state index contributed by atoms with van der Waals surface area (Å²) < 4.78 is 5.55. The standard InChI is InChI=1S/C13H15N3OS/c1-9-3-4-10(17-9)8-16(2)12-7-15-6-5-11(12)13(14)18/h3-7H,8H2,1-2H3,(H2,14,18). The molecule has 0 atom stereocenters. The van der Waals surface area contributed by atoms with Crippen molar-refractivity contribution in [2.45, 2.75) is 13.5 Å². The van der Waals surface area contributed by atoms with Crippen LogP contribution in [0.5, 0.6) is 0 Å². The van der Waals surface area contributed by atoms with Crippen molar-refractivity contribution in [3.8, 4) is 0 Å². The average Bonchev–Trinajstić information content (AvgIpc) is 2.74. The number of hydrogen-bond donors (Lipinski definition) is 1. The van der Waals surface area contributed by atoms with Crippen LogP contribution in [-0.4, -0.2) is 17.0 Å². The second-order valence-corrected chi connectivity index (χ2v) is 4.57. The Kier molecular flexibility index (Phi) is 3.62. The summed E-state index contributed by atoms with van der Waals surface area (Å²) in [6.45, 7) is 2.57. The van der Waals surface area contributed by atoms with E-state index in [0.29, 0.717) is 11.5 Å². The van der Waals surface area contributed by atoms with Gasteiger partial charge in [-0.15, -0.1) is 0 Å². The first-order valence-corrected chi connectivity index (χ1v) is 5.99. The number of pyridine rings is 1. The molecule has 2 aromatic rings. The first kappa shape index (κ1) is 12.6. The van der Waals surface area contributed by atoms with Crippen molar-refractivity contribution in [3.05, 3.63) is 47.7 Å². The van der Waals surface area contributed by atoms with Gasteiger partial charge in [-0.05, 0) is 25.1 Å². The first-order valence-electron chi connectivity index (χ1n) is 5.58. The Hall–Kier alpha value is -1.88. The largest absolute Gasteiger partial charge is 0.464 e. The van der Waals surface area contributed by atoms with Gasteiger partial charge >= 0.3 is 0 Å². The number of furan rings is 1. The summed E-state index contributed by atoms with van der Waals surface area (Å²) in [4.78, 5) is 6.49. The fourth-order valence-corrected chi connectivity index (χ4v) is 1.96. The van der Waals surface area contributed by atoms with Crippen LogP contribution in [0.1, 0.15) is 17.1 Å². The maximum Gasteiger partial charge on any atom is 0.123 e. The maximum absolute atomic E-state index is 5.70. The number of hydrogen-bond acceptors (Lipinski definition) is 4. The van der Waals surface area contributed by atoms with Gasteiger partial charge in [-0.3, -0.25) is 4.98 Å². The van der Waals surface area contributed by atoms with Crippen molar-refractivity contribution >= 4 is 22.9 Å². The lowest BCUT2D eigenvalue weighted by Gasteiger charge is -2.20. The molecule has 0 aliphatic heterocycles. The highest BCUT2D eigenvalue weighted by Gasteiger charge is 2.11. The van der Waals surface area contributed by atoms with Gasteiger partial charge in [0.25, 0.3) is 0 Å². The van der Waals surface area contributed by atoms with E-state index in [9.17, 15) is 0 Å². The van der Waals surface area contributed by atoms with Crippen LogP contribution >= 0.6 is 12.2 Å². The molecule has 0 aromatic carbocycles. The lowest BCUT2D eigenvalue weighted by atomic mass is 10.2. The summed E-state index contributed by atoms with van der Waals surface area (Å²) in [7, 11) is 1.96. The Balaban J connectivity index is 2.23. The SMILES string of the molecule is Cc1ccc(CN(C)c2cnccc2C(N)=S)o1. The summed E-state index contributed by atoms with van der Waals surface area (Å²) in [5.41, 5.74) is 7.43. The predicted octanol–water partition coefficient (Wildman–Crippen LogP) is 2.25. The minimum absolute atomic E-state index is 0.370. The number of aryl methyl sites for hydroxylation is 1. The van der Waals surface area contributed by atoms with E-state index in [4.69, 9.17) is 22.4 Å². The molecule has 0 radical (unpaired) electrons. The van der Waals surface area contributed by atoms with E-state index in [-0.39, 0.29) is 0 Å². The molecule has 2 aromatic heterocycles. The molecule has 0 saturated heterocycles. The number of rotatable bonds is 4. The molecule has 2 N–H and O–H groups in total. The van der Waals surface area contributed by atoms with Crippen molar-refractivity contribution in [1.82, 2.24) is 4.98 Å². The molecular weight excluding hydrogens is 246 g/mol. The predicted molar refractivity (Wildman–Crippen MR) is 75.7 cm³/mol. The fraction of sp³-hybridized carbons (Fsp3) is 0.231. The molecule has 0 fully saturated rings. The zero-order chi connectivity index (χ0) is 13.1. The van der Waals surface area contributed by atoms with Gasteiger partial charge in [0.15, 0.2) is 0 Å². The molecule has 0 spiro atoms. The summed E-state index contributed by atoms with van der Waals surface area (Å²) >= 11 is 5.04. The molecule has 0 aliphatic rings. The Morgan fingerprint density at radius 3 is 2.83 bits per heavy atom. The third-order valence-electron chi connectivity index (χ3n) is 2.67. The lowest BCUT2D eigenvalue weighted by Crippen LogP contribution is -2.21. The molecule has 0 saturated carbocycles. The lowest BCUT2D eigenvalue weighted by molar-refractivity contribution is 0.481. The number of nitrogens with zero attached hydrogens (tertiary/aromatic N) is 2. The first-order chi connectivity index (χ1) is 8.58. The van der Waals surface area contributed by atoms with Gasteiger partial charge in [0, 0.05) is 18.8 Å². The quantitative estimate of drug-likeness (QED) is 0.855. The van der Waals surface area contributed by atoms with Gasteiger partial charge < -0.3 is 15.1 Å². The van der Waals surface area contributed by atoms with Crippen LogP contribution in [0.25, 0.3) is 0 Å². The summed E-state index contributed by atoms with van der Waals surface area (Å²) in [5.74, 6) is 1.80. The highest BCUT2D eigenvalue weighted by Crippen LogP contribution is 2.20. The summed E-state index contributed by atoms with van der Waals surface area (Å²) in [6.07, 6.45) is 3.44. The minimum atomic E-state index is 0.370. The van der Waals surface area contributed by atoms with Crippen molar-refractivity contribution in [1.29, 1.82) is 0 Å². The molecular formula is C13H15N3OS. The van der Waals surface area contributed by atoms with Crippen LogP contribution < -0.4 is 10.6 Å². The molecule has 5 heteroatoms. The van der Waals surface area contributed by atoms with E-state index in [1.807, 2.05) is 37.1 Å². The van der Waals surface area contributed by atoms with Gasteiger partial charge in [0.1, 0.15) is 16.5 Å². The number of aromatic nitrogens is 1. The minimum Gasteiger partial charge on any atom is -0.464 e. The summed E-state index contributed by atoms with van der Waals surface area (Å²) in [6, 6.07) is 5.73. The van der Waals surface area contributed by atoms with Crippen LogP contribution in [0.4, 0.5) is 5.69 Å². The Morgan fingerprint density at radius 1 is 1.44 bits per heavy atom. The average molecular weight is 261 g/mol. The zero-order valence-electron chi connectivity index (χ0n) is 10.4. The molecule has 0 amide bonds. The maximum atomic E-state index is 5.70. The molecule has 2 heterocycles. The Labute approximate surface area is 111 Å². The third kappa shape index (κ3) is 2.68. The number of anilines is 1. The fourth-order valence-electron chi connectivity index (χ4n) is 1.79. The molecule has 4 nitrogen and oxygen atoms in total. The van der Waals surface area contributed by atoms with E-state index in [1.165, 1.54) is 0 Å². The zero-order valence-corrected chi connectivity index (χ0v) is 11.2. The van der Waals surface area contributed by atoms with Crippen molar-refractivity contribution in [3.63, 3.8) is 0 Å². The molecule has 0 unspecified atom stereocenters. The van der Waals surface area contributed by atoms with E-state index in [0.717, 1.165) is 22.8 Å². The normalized spacial score (nSPS) is 10.3. The Bertz CT molecular complexity index is 565. The van der Waals surface area contributed by atoms with E-state index < -0.39 is 0 Å². The van der Waals surface area contributed by atoms with Crippen molar-refractivity contribution < 1.29 is 4.42 Å². The van der Waals surface area contributed by atoms with Gasteiger partial charge in [-0.2, -0.15) is 0 Å². The van der Waals surface area contributed by atoms with Crippen LogP contribution in [-0.2, 0) is 6.54 Å². The van der Waals surface area contributed by atoms with Gasteiger partial charge in [-0.25, -0.2) is 0 Å². The molecule has 2 rings (SSSR count). The topological polar surface area (TPSA) is 55.3 Å². The van der Waals surface area contributed by atoms with Crippen molar-refractivity contribution in [2.24, 2.45) is 5.73 Å². The van der Waals surface area contributed by atoms with Crippen LogP contribution in [0.3, 0.4) is 0 Å². The monoisotopic (exact) mass is 261 g/mol. The highest BCUT2D eigenvalue weighted by atomic mass is 32.1. The third-order valence-corrected chi connectivity index (χ3v) is 2.89. The van der Waals surface area contributed by atoms with Gasteiger partial charge in [0.05, 0.1) is 18.4 Å². The highest BCUT2D eigenvalue weighted by molar-refractivity contribution is 7.80. The van der Waals surface area contributed by atoms with Crippen molar-refractivity contribution in [2.75, 3.05) is 11.9 Å². The van der Waals surface area contributed by atoms with Crippen LogP contribution in [0.15, 0.2) is 35.0 Å². The molecule has 0 aliphatic carbocycles. The van der Waals surface area contributed by atoms with E-state index in [2.05, 4.69) is 4.98 Å². The molecule has 18 heavy (non-hydrogen) atoms. The molecule has 94 valence electrons. The van der Waals surface area contributed by atoms with Crippen LogP contribution in [0, 0.1) is 6.92 Å². The second kappa shape index (κ2) is 5.18. The second-order valence-electron chi connectivity index (χ2n) is 4.13. The van der Waals surface area contributed by atoms with Crippen LogP contribution in [0.2, 0.25) is 0 Å². The smallest absolute Gasteiger partial charge is 0.123 e.